The molecule has 152 valence electrons. The van der Waals surface area contributed by atoms with Gasteiger partial charge >= 0.3 is 0 Å². The smallest absolute Gasteiger partial charge is 0.176 e. The molecule has 1 rings (SSSR count). The standard InChI is InChI=1S/C22H34O5/c1-6-16(7-2)19(24)18-20(25)17(11-10-14(3)4)22(27,21(18)26)12-8-9-15(5)13-23/h9-10,16-17,23,26-27H,6-8,11-13H2,1-5H3/t17-,22+/m1/s1. The molecular formula is C22H34O5. The van der Waals surface area contributed by atoms with Crippen LogP contribution in [0.4, 0.5) is 0 Å². The minimum absolute atomic E-state index is 0.0845. The minimum atomic E-state index is -1.76. The van der Waals surface area contributed by atoms with Crippen LogP contribution in [0, 0.1) is 11.8 Å². The highest BCUT2D eigenvalue weighted by atomic mass is 16.3. The van der Waals surface area contributed by atoms with Gasteiger partial charge in [-0.15, -0.1) is 0 Å². The molecule has 0 amide bonds. The zero-order valence-electron chi connectivity index (χ0n) is 17.2. The second-order valence-corrected chi connectivity index (χ2v) is 7.71. The van der Waals surface area contributed by atoms with Crippen LogP contribution in [0.2, 0.25) is 0 Å². The lowest BCUT2D eigenvalue weighted by atomic mass is 9.82. The third kappa shape index (κ3) is 5.17. The van der Waals surface area contributed by atoms with Gasteiger partial charge in [-0.1, -0.05) is 37.1 Å². The fourth-order valence-electron chi connectivity index (χ4n) is 3.54. The molecule has 5 nitrogen and oxygen atoms in total. The Hall–Kier alpha value is -1.72. The van der Waals surface area contributed by atoms with Gasteiger partial charge < -0.3 is 15.3 Å². The molecule has 3 N–H and O–H groups in total. The van der Waals surface area contributed by atoms with Crippen LogP contribution in [0.3, 0.4) is 0 Å². The largest absolute Gasteiger partial charge is 0.508 e. The van der Waals surface area contributed by atoms with E-state index in [1.54, 1.807) is 13.0 Å². The van der Waals surface area contributed by atoms with Crippen LogP contribution in [0.1, 0.15) is 66.7 Å². The predicted molar refractivity (Wildman–Crippen MR) is 106 cm³/mol. The zero-order chi connectivity index (χ0) is 20.8. The van der Waals surface area contributed by atoms with E-state index in [4.69, 9.17) is 5.11 Å². The average Bonchev–Trinajstić information content (AvgIpc) is 2.80. The average molecular weight is 379 g/mol. The number of allylic oxidation sites excluding steroid dienone is 4. The van der Waals surface area contributed by atoms with Crippen molar-refractivity contribution >= 4 is 11.6 Å². The van der Waals surface area contributed by atoms with Gasteiger partial charge in [-0.3, -0.25) is 9.59 Å². The fraction of sp³-hybridized carbons (Fsp3) is 0.636. The summed E-state index contributed by atoms with van der Waals surface area (Å²) in [5.74, 6) is -2.53. The summed E-state index contributed by atoms with van der Waals surface area (Å²) in [5, 5.41) is 31.1. The van der Waals surface area contributed by atoms with E-state index in [0.717, 1.165) is 11.1 Å². The van der Waals surface area contributed by atoms with Crippen molar-refractivity contribution in [3.8, 4) is 0 Å². The summed E-state index contributed by atoms with van der Waals surface area (Å²) in [6.45, 7) is 9.22. The van der Waals surface area contributed by atoms with E-state index >= 15 is 0 Å². The molecule has 0 heterocycles. The van der Waals surface area contributed by atoms with Crippen LogP contribution in [-0.2, 0) is 9.59 Å². The van der Waals surface area contributed by atoms with Crippen molar-refractivity contribution in [2.75, 3.05) is 6.61 Å². The highest BCUT2D eigenvalue weighted by Crippen LogP contribution is 2.43. The molecule has 5 heteroatoms. The van der Waals surface area contributed by atoms with Gasteiger partial charge in [0.25, 0.3) is 0 Å². The predicted octanol–water partition coefficient (Wildman–Crippen LogP) is 3.81. The van der Waals surface area contributed by atoms with Crippen molar-refractivity contribution in [3.05, 3.63) is 34.6 Å². The molecule has 0 bridgehead atoms. The van der Waals surface area contributed by atoms with E-state index in [1.807, 2.05) is 33.8 Å². The highest BCUT2D eigenvalue weighted by molar-refractivity contribution is 6.24. The van der Waals surface area contributed by atoms with E-state index in [2.05, 4.69) is 0 Å². The Balaban J connectivity index is 3.30. The molecule has 0 fully saturated rings. The lowest BCUT2D eigenvalue weighted by molar-refractivity contribution is -0.127. The van der Waals surface area contributed by atoms with E-state index in [1.165, 1.54) is 0 Å². The van der Waals surface area contributed by atoms with Gasteiger partial charge in [0.1, 0.15) is 16.9 Å². The molecule has 0 aromatic carbocycles. The molecule has 0 spiro atoms. The van der Waals surface area contributed by atoms with Crippen LogP contribution in [0.15, 0.2) is 34.6 Å². The maximum absolute atomic E-state index is 13.0. The Morgan fingerprint density at radius 2 is 1.78 bits per heavy atom. The quantitative estimate of drug-likeness (QED) is 0.397. The van der Waals surface area contributed by atoms with Crippen LogP contribution in [0.25, 0.3) is 0 Å². The van der Waals surface area contributed by atoms with Crippen molar-refractivity contribution in [3.63, 3.8) is 0 Å². The van der Waals surface area contributed by atoms with Gasteiger partial charge in [0.05, 0.1) is 12.5 Å². The van der Waals surface area contributed by atoms with Gasteiger partial charge in [0, 0.05) is 5.92 Å². The van der Waals surface area contributed by atoms with Gasteiger partial charge in [0.2, 0.25) is 0 Å². The van der Waals surface area contributed by atoms with Crippen molar-refractivity contribution in [1.29, 1.82) is 0 Å². The second-order valence-electron chi connectivity index (χ2n) is 7.71. The van der Waals surface area contributed by atoms with Crippen molar-refractivity contribution < 1.29 is 24.9 Å². The molecule has 0 aromatic heterocycles. The van der Waals surface area contributed by atoms with Crippen LogP contribution < -0.4 is 0 Å². The molecule has 0 aliphatic heterocycles. The number of carbonyl (C=O) groups excluding carboxylic acids is 2. The number of carbonyl (C=O) groups is 2. The van der Waals surface area contributed by atoms with Gasteiger partial charge in [-0.05, 0) is 52.9 Å². The molecule has 1 aliphatic carbocycles. The van der Waals surface area contributed by atoms with E-state index < -0.39 is 23.1 Å². The fourth-order valence-corrected chi connectivity index (χ4v) is 3.54. The van der Waals surface area contributed by atoms with E-state index in [-0.39, 0.29) is 36.7 Å². The van der Waals surface area contributed by atoms with Crippen LogP contribution in [0.5, 0.6) is 0 Å². The Labute approximate surface area is 162 Å². The summed E-state index contributed by atoms with van der Waals surface area (Å²) in [7, 11) is 0. The Bertz CT molecular complexity index is 648. The first kappa shape index (κ1) is 23.3. The molecule has 0 radical (unpaired) electrons. The normalized spacial score (nSPS) is 23.3. The molecule has 0 saturated heterocycles. The summed E-state index contributed by atoms with van der Waals surface area (Å²) in [6, 6.07) is 0. The minimum Gasteiger partial charge on any atom is -0.508 e. The van der Waals surface area contributed by atoms with Crippen molar-refractivity contribution in [2.45, 2.75) is 72.3 Å². The topological polar surface area (TPSA) is 94.8 Å². The first-order chi connectivity index (χ1) is 12.6. The zero-order valence-corrected chi connectivity index (χ0v) is 17.2. The Kier molecular flexibility index (Phi) is 8.63. The lowest BCUT2D eigenvalue weighted by Gasteiger charge is -2.28. The molecule has 2 atom stereocenters. The third-order valence-electron chi connectivity index (χ3n) is 5.42. The van der Waals surface area contributed by atoms with E-state index in [9.17, 15) is 19.8 Å². The summed E-state index contributed by atoms with van der Waals surface area (Å²) in [4.78, 5) is 25.8. The summed E-state index contributed by atoms with van der Waals surface area (Å²) < 4.78 is 0. The number of Topliss-reactive ketones (excluding diaryl/α,β-unsaturated/α-hetero) is 2. The van der Waals surface area contributed by atoms with E-state index in [0.29, 0.717) is 19.3 Å². The van der Waals surface area contributed by atoms with Crippen molar-refractivity contribution in [2.24, 2.45) is 11.8 Å². The third-order valence-corrected chi connectivity index (χ3v) is 5.42. The number of rotatable bonds is 10. The van der Waals surface area contributed by atoms with Gasteiger partial charge in [0.15, 0.2) is 11.6 Å². The van der Waals surface area contributed by atoms with Gasteiger partial charge in [-0.25, -0.2) is 0 Å². The molecule has 0 unspecified atom stereocenters. The second kappa shape index (κ2) is 10.00. The Morgan fingerprint density at radius 3 is 2.26 bits per heavy atom. The summed E-state index contributed by atoms with van der Waals surface area (Å²) in [6.07, 6.45) is 5.55. The first-order valence-electron chi connectivity index (χ1n) is 9.78. The summed E-state index contributed by atoms with van der Waals surface area (Å²) in [5.41, 5.74) is -0.228. The molecule has 0 aromatic rings. The molecular weight excluding hydrogens is 344 g/mol. The first-order valence-corrected chi connectivity index (χ1v) is 9.78. The number of hydrogen-bond donors (Lipinski definition) is 3. The lowest BCUT2D eigenvalue weighted by Crippen LogP contribution is -2.38. The number of ketones is 2. The van der Waals surface area contributed by atoms with Crippen LogP contribution in [-0.4, -0.2) is 39.1 Å². The molecule has 27 heavy (non-hydrogen) atoms. The Morgan fingerprint density at radius 1 is 1.19 bits per heavy atom. The highest BCUT2D eigenvalue weighted by Gasteiger charge is 2.54. The monoisotopic (exact) mass is 378 g/mol. The molecule has 0 saturated carbocycles. The number of hydrogen-bond acceptors (Lipinski definition) is 5. The van der Waals surface area contributed by atoms with Crippen molar-refractivity contribution in [1.82, 2.24) is 0 Å². The number of aliphatic hydroxyl groups is 3. The summed E-state index contributed by atoms with van der Waals surface area (Å²) >= 11 is 0. The SMILES string of the molecule is CCC(CC)C(=O)C1=C(O)[C@](O)(CCC=C(C)CO)[C@H](CC=C(C)C)C1=O. The van der Waals surface area contributed by atoms with Crippen LogP contribution >= 0.6 is 0 Å². The maximum Gasteiger partial charge on any atom is 0.176 e. The maximum atomic E-state index is 13.0. The molecule has 1 aliphatic rings. The van der Waals surface area contributed by atoms with Gasteiger partial charge in [-0.2, -0.15) is 0 Å². The number of aliphatic hydroxyl groups excluding tert-OH is 2.